The van der Waals surface area contributed by atoms with Gasteiger partial charge in [-0.3, -0.25) is 0 Å². The SMILES string of the molecule is [2H]C([2H])([2H])c1ccc2c(n1)oc1c(-c3cc(C([2H])([2H])C(C)(C)C)ccn3)[c-]ccc12.[2H]C([2H])([2H])c1cnc(-c2[c-]cccc2)cc1C([2H])([2H])[2H].[Ir]. The minimum atomic E-state index is -2.50. The van der Waals surface area contributed by atoms with Gasteiger partial charge in [0.1, 0.15) is 0 Å². The summed E-state index contributed by atoms with van der Waals surface area (Å²) < 4.78 is 90.5. The van der Waals surface area contributed by atoms with E-state index >= 15 is 0 Å². The predicted octanol–water partition coefficient (Wildman–Crippen LogP) is 8.90. The molecule has 0 saturated carbocycles. The summed E-state index contributed by atoms with van der Waals surface area (Å²) in [5.74, 6) is 0. The van der Waals surface area contributed by atoms with Crippen molar-refractivity contribution in [2.45, 2.75) is 47.7 Å². The Morgan fingerprint density at radius 1 is 0.875 bits per heavy atom. The van der Waals surface area contributed by atoms with Gasteiger partial charge in [0.25, 0.3) is 0 Å². The van der Waals surface area contributed by atoms with Gasteiger partial charge in [0.05, 0.1) is 5.58 Å². The first-order valence-corrected chi connectivity index (χ1v) is 12.3. The van der Waals surface area contributed by atoms with E-state index in [2.05, 4.69) is 27.1 Å². The van der Waals surface area contributed by atoms with E-state index in [1.165, 1.54) is 12.1 Å². The Kier molecular flexibility index (Phi) is 5.48. The van der Waals surface area contributed by atoms with Gasteiger partial charge in [0.15, 0.2) is 0 Å². The van der Waals surface area contributed by atoms with Crippen molar-refractivity contribution in [1.29, 1.82) is 0 Å². The Morgan fingerprint density at radius 3 is 2.50 bits per heavy atom. The fraction of sp³-hybridized carbons (Fsp3) is 0.229. The van der Waals surface area contributed by atoms with Crippen LogP contribution in [0.15, 0.2) is 83.5 Å². The van der Waals surface area contributed by atoms with Crippen LogP contribution in [0.25, 0.3) is 44.6 Å². The Bertz CT molecular complexity index is 2150. The number of fused-ring (bicyclic) bond motifs is 3. The van der Waals surface area contributed by atoms with Gasteiger partial charge in [0.2, 0.25) is 5.71 Å². The van der Waals surface area contributed by atoms with Crippen LogP contribution in [0.3, 0.4) is 0 Å². The van der Waals surface area contributed by atoms with Crippen molar-refractivity contribution in [1.82, 2.24) is 15.0 Å². The summed E-state index contributed by atoms with van der Waals surface area (Å²) in [4.78, 5) is 12.6. The number of pyridine rings is 3. The number of aryl methyl sites for hydroxylation is 3. The second-order valence-electron chi connectivity index (χ2n) is 9.94. The van der Waals surface area contributed by atoms with Crippen molar-refractivity contribution in [2.75, 3.05) is 0 Å². The molecule has 0 N–H and O–H groups in total. The average molecular weight is 715 g/mol. The first kappa shape index (κ1) is 17.9. The van der Waals surface area contributed by atoms with Gasteiger partial charge < -0.3 is 14.4 Å². The quantitative estimate of drug-likeness (QED) is 0.172. The maximum atomic E-state index is 8.55. The maximum Gasteiger partial charge on any atom is 0.216 e. The Balaban J connectivity index is 0.000000243. The molecular formula is C35H33IrN3O-2. The summed E-state index contributed by atoms with van der Waals surface area (Å²) in [5, 5.41) is 1.48. The maximum absolute atomic E-state index is 8.55. The van der Waals surface area contributed by atoms with Gasteiger partial charge in [-0.25, -0.2) is 4.98 Å². The summed E-state index contributed by atoms with van der Waals surface area (Å²) in [6.07, 6.45) is 1.13. The normalized spacial score (nSPS) is 16.5. The van der Waals surface area contributed by atoms with Gasteiger partial charge in [0, 0.05) is 58.7 Å². The number of aromatic nitrogens is 3. The third-order valence-corrected chi connectivity index (χ3v) is 5.72. The molecule has 6 aromatic rings. The molecule has 40 heavy (non-hydrogen) atoms. The molecule has 4 heterocycles. The summed E-state index contributed by atoms with van der Waals surface area (Å²) in [6.45, 7) is -1.77. The van der Waals surface area contributed by atoms with Crippen LogP contribution in [0.2, 0.25) is 0 Å². The van der Waals surface area contributed by atoms with Crippen molar-refractivity contribution >= 4 is 22.1 Å². The van der Waals surface area contributed by atoms with E-state index in [0.29, 0.717) is 39.0 Å². The number of nitrogens with zero attached hydrogens (tertiary/aromatic N) is 3. The molecule has 6 rings (SSSR count). The zero-order chi connectivity index (χ0) is 36.9. The fourth-order valence-electron chi connectivity index (χ4n) is 4.05. The second-order valence-corrected chi connectivity index (χ2v) is 9.94. The fourth-order valence-corrected chi connectivity index (χ4v) is 4.05. The number of benzene rings is 2. The van der Waals surface area contributed by atoms with E-state index in [0.717, 1.165) is 11.6 Å². The van der Waals surface area contributed by atoms with Crippen molar-refractivity contribution in [3.8, 4) is 22.5 Å². The van der Waals surface area contributed by atoms with E-state index in [1.54, 1.807) is 54.7 Å². The third-order valence-electron chi connectivity index (χ3n) is 5.72. The van der Waals surface area contributed by atoms with Crippen LogP contribution in [-0.2, 0) is 26.5 Å². The van der Waals surface area contributed by atoms with Gasteiger partial charge in [-0.2, -0.15) is 0 Å². The molecule has 0 aliphatic carbocycles. The minimum Gasteiger partial charge on any atom is -0.486 e. The zero-order valence-electron chi connectivity index (χ0n) is 33.1. The predicted molar refractivity (Wildman–Crippen MR) is 159 cm³/mol. The molecular weight excluding hydrogens is 671 g/mol. The van der Waals surface area contributed by atoms with Crippen LogP contribution in [0, 0.1) is 38.1 Å². The van der Waals surface area contributed by atoms with Crippen LogP contribution >= 0.6 is 0 Å². The average Bonchev–Trinajstić information content (AvgIpc) is 3.42. The standard InChI is InChI=1S/C22H21N2O.C13H12N.Ir/c1-14-8-9-17-16-6-5-7-18(20(16)25-21(17)24-14)19-12-15(10-11-23-19)13-22(2,3)4;1-10-8-13(14-9-11(10)2)12-6-4-3-5-7-12;/h5-6,8-12H,13H2,1-4H3;3-6,8-9H,1-2H3;/q2*-1;/i1D3,13D2;1D3,2D3;. The summed E-state index contributed by atoms with van der Waals surface area (Å²) in [6, 6.07) is 24.5. The second kappa shape index (κ2) is 12.2. The molecule has 4 nitrogen and oxygen atoms in total. The molecule has 0 aliphatic heterocycles. The number of furan rings is 1. The van der Waals surface area contributed by atoms with Gasteiger partial charge in [-0.1, -0.05) is 55.0 Å². The summed E-state index contributed by atoms with van der Waals surface area (Å²) in [7, 11) is 0. The number of hydrogen-bond donors (Lipinski definition) is 0. The number of rotatable bonds is 3. The first-order chi connectivity index (χ1) is 23.1. The molecule has 0 amide bonds. The van der Waals surface area contributed by atoms with Crippen LogP contribution in [0.1, 0.15) is 58.2 Å². The van der Waals surface area contributed by atoms with Crippen LogP contribution in [0.4, 0.5) is 0 Å². The van der Waals surface area contributed by atoms with Gasteiger partial charge in [-0.15, -0.1) is 54.1 Å². The minimum absolute atomic E-state index is 0. The van der Waals surface area contributed by atoms with Crippen LogP contribution in [0.5, 0.6) is 0 Å². The third kappa shape index (κ3) is 6.72. The van der Waals surface area contributed by atoms with Crippen molar-refractivity contribution in [2.24, 2.45) is 5.41 Å². The van der Waals surface area contributed by atoms with E-state index in [1.807, 2.05) is 26.8 Å². The monoisotopic (exact) mass is 715 g/mol. The molecule has 0 unspecified atom stereocenters. The summed E-state index contributed by atoms with van der Waals surface area (Å²) >= 11 is 0. The molecule has 1 radical (unpaired) electrons. The van der Waals surface area contributed by atoms with Crippen LogP contribution in [-0.4, -0.2) is 15.0 Å². The Morgan fingerprint density at radius 2 is 1.75 bits per heavy atom. The Labute approximate surface area is 265 Å². The largest absolute Gasteiger partial charge is 0.486 e. The Hall–Kier alpha value is -3.66. The van der Waals surface area contributed by atoms with E-state index in [9.17, 15) is 0 Å². The molecule has 5 heteroatoms. The molecule has 4 aromatic heterocycles. The molecule has 0 saturated heterocycles. The van der Waals surface area contributed by atoms with Crippen molar-refractivity contribution in [3.63, 3.8) is 0 Å². The topological polar surface area (TPSA) is 51.8 Å². The molecule has 0 atom stereocenters. The molecule has 2 aromatic carbocycles. The molecule has 0 spiro atoms. The van der Waals surface area contributed by atoms with Crippen molar-refractivity contribution < 1.29 is 39.6 Å². The summed E-state index contributed by atoms with van der Waals surface area (Å²) in [5.41, 5.74) is 2.30. The van der Waals surface area contributed by atoms with Gasteiger partial charge in [-0.05, 0) is 67.5 Å². The smallest absolute Gasteiger partial charge is 0.216 e. The molecule has 205 valence electrons. The molecule has 0 bridgehead atoms. The first-order valence-electron chi connectivity index (χ1n) is 17.8. The van der Waals surface area contributed by atoms with Gasteiger partial charge >= 0.3 is 0 Å². The molecule has 0 fully saturated rings. The zero-order valence-corrected chi connectivity index (χ0v) is 24.5. The van der Waals surface area contributed by atoms with E-state index in [4.69, 9.17) is 19.5 Å². The van der Waals surface area contributed by atoms with Crippen molar-refractivity contribution in [3.05, 3.63) is 114 Å². The van der Waals surface area contributed by atoms with E-state index in [-0.39, 0.29) is 42.6 Å². The van der Waals surface area contributed by atoms with Crippen LogP contribution < -0.4 is 0 Å². The molecule has 0 aliphatic rings. The van der Waals surface area contributed by atoms with E-state index < -0.39 is 32.3 Å². The number of hydrogen-bond acceptors (Lipinski definition) is 4.